The number of imidazole rings is 1. The Bertz CT molecular complexity index is 1350. The fourth-order valence-electron chi connectivity index (χ4n) is 4.60. The number of aromatic nitrogens is 5. The topological polar surface area (TPSA) is 101 Å². The van der Waals surface area contributed by atoms with Crippen LogP contribution in [0.15, 0.2) is 73.6 Å². The molecule has 0 saturated carbocycles. The molecule has 1 N–H and O–H groups in total. The van der Waals surface area contributed by atoms with Gasteiger partial charge in [-0.1, -0.05) is 35.4 Å². The van der Waals surface area contributed by atoms with Gasteiger partial charge < -0.3 is 15.0 Å². The average Bonchev–Trinajstić information content (AvgIpc) is 3.48. The number of nitrogens with zero attached hydrogens (tertiary/aromatic N) is 7. The van der Waals surface area contributed by atoms with Crippen LogP contribution in [0.3, 0.4) is 0 Å². The zero-order valence-corrected chi connectivity index (χ0v) is 22.5. The molecule has 4 heterocycles. The normalized spacial score (nSPS) is 15.7. The van der Waals surface area contributed by atoms with Gasteiger partial charge in [0.25, 0.3) is 0 Å². The number of anilines is 1. The molecule has 1 unspecified atom stereocenters. The molecule has 1 fully saturated rings. The number of nitrogens with one attached hydrogen (secondary N) is 1. The number of carbonyl (C=O) groups is 1. The Labute approximate surface area is 232 Å². The lowest BCUT2D eigenvalue weighted by atomic mass is 10.1. The van der Waals surface area contributed by atoms with Gasteiger partial charge in [-0.25, -0.2) is 9.97 Å². The van der Waals surface area contributed by atoms with Gasteiger partial charge in [0.1, 0.15) is 29.7 Å². The molecule has 4 aromatic rings. The first kappa shape index (κ1) is 26.6. The van der Waals surface area contributed by atoms with Gasteiger partial charge >= 0.3 is 0 Å². The van der Waals surface area contributed by atoms with E-state index in [1.165, 1.54) is 5.56 Å². The maximum Gasteiger partial charge on any atom is 0.238 e. The lowest BCUT2D eigenvalue weighted by Crippen LogP contribution is -2.54. The fraction of sp³-hybridized carbons (Fsp3) is 0.321. The van der Waals surface area contributed by atoms with Crippen LogP contribution < -0.4 is 15.0 Å². The second-order valence-corrected chi connectivity index (χ2v) is 9.87. The fourth-order valence-corrected chi connectivity index (χ4v) is 4.78. The molecule has 1 aromatic carbocycles. The van der Waals surface area contributed by atoms with Crippen LogP contribution in [-0.4, -0.2) is 74.1 Å². The molecular weight excluding hydrogens is 516 g/mol. The van der Waals surface area contributed by atoms with Crippen molar-refractivity contribution in [1.82, 2.24) is 34.7 Å². The van der Waals surface area contributed by atoms with Crippen LogP contribution in [-0.2, 0) is 11.3 Å². The number of piperazine rings is 1. The molecule has 0 bridgehead atoms. The molecule has 1 amide bonds. The van der Waals surface area contributed by atoms with Crippen LogP contribution in [0, 0.1) is 6.92 Å². The maximum atomic E-state index is 13.0. The Morgan fingerprint density at radius 2 is 2.00 bits per heavy atom. The number of pyridine rings is 1. The smallest absolute Gasteiger partial charge is 0.238 e. The van der Waals surface area contributed by atoms with Crippen LogP contribution in [0.2, 0.25) is 5.15 Å². The van der Waals surface area contributed by atoms with Gasteiger partial charge in [-0.05, 0) is 30.7 Å². The van der Waals surface area contributed by atoms with E-state index in [9.17, 15) is 4.79 Å². The van der Waals surface area contributed by atoms with E-state index in [2.05, 4.69) is 36.1 Å². The number of amides is 1. The molecular formula is C28H31ClN8O2. The summed E-state index contributed by atoms with van der Waals surface area (Å²) < 4.78 is 7.47. The molecule has 0 aliphatic carbocycles. The largest absolute Gasteiger partial charge is 0.492 e. The Morgan fingerprint density at radius 3 is 2.77 bits per heavy atom. The summed E-state index contributed by atoms with van der Waals surface area (Å²) in [6, 6.07) is 13.5. The van der Waals surface area contributed by atoms with Crippen molar-refractivity contribution in [2.24, 2.45) is 0 Å². The lowest BCUT2D eigenvalue weighted by molar-refractivity contribution is -0.121. The van der Waals surface area contributed by atoms with E-state index in [0.717, 1.165) is 24.4 Å². The highest BCUT2D eigenvalue weighted by Gasteiger charge is 2.30. The predicted molar refractivity (Wildman–Crippen MR) is 149 cm³/mol. The summed E-state index contributed by atoms with van der Waals surface area (Å²) in [7, 11) is 0. The molecule has 202 valence electrons. The van der Waals surface area contributed by atoms with Gasteiger partial charge in [0.15, 0.2) is 0 Å². The molecule has 39 heavy (non-hydrogen) atoms. The van der Waals surface area contributed by atoms with Crippen molar-refractivity contribution in [3.05, 3.63) is 89.9 Å². The molecule has 11 heteroatoms. The number of hydrogen-bond donors (Lipinski definition) is 1. The van der Waals surface area contributed by atoms with Gasteiger partial charge in [-0.3, -0.25) is 19.2 Å². The number of rotatable bonds is 10. The van der Waals surface area contributed by atoms with Gasteiger partial charge in [-0.15, -0.1) is 0 Å². The standard InChI is InChI=1S/C28H31ClN8O2/c1-21-4-6-24(7-5-21)39-14-10-32-27(38)15-23-19-35(18-22-3-2-8-30-17-22)12-13-37(23)26-16-25(29)33-28(34-26)36-11-9-31-20-36/h2-9,11,16-17,20,23H,10,12-15,18-19H2,1H3,(H,32,38). The van der Waals surface area contributed by atoms with Crippen LogP contribution in [0.25, 0.3) is 5.95 Å². The number of halogens is 1. The number of ether oxygens (including phenoxy) is 1. The first-order chi connectivity index (χ1) is 19.0. The van der Waals surface area contributed by atoms with Crippen LogP contribution in [0.4, 0.5) is 5.82 Å². The molecule has 1 atom stereocenters. The highest BCUT2D eigenvalue weighted by Crippen LogP contribution is 2.25. The minimum Gasteiger partial charge on any atom is -0.492 e. The van der Waals surface area contributed by atoms with Crippen molar-refractivity contribution >= 4 is 23.3 Å². The minimum absolute atomic E-state index is 0.0456. The van der Waals surface area contributed by atoms with Crippen molar-refractivity contribution in [3.8, 4) is 11.7 Å². The van der Waals surface area contributed by atoms with Gasteiger partial charge in [-0.2, -0.15) is 4.98 Å². The van der Waals surface area contributed by atoms with Gasteiger partial charge in [0.05, 0.1) is 12.6 Å². The zero-order valence-electron chi connectivity index (χ0n) is 21.8. The second-order valence-electron chi connectivity index (χ2n) is 9.48. The number of benzene rings is 1. The predicted octanol–water partition coefficient (Wildman–Crippen LogP) is 3.30. The van der Waals surface area contributed by atoms with Gasteiger partial charge in [0, 0.05) is 63.5 Å². The third kappa shape index (κ3) is 7.30. The van der Waals surface area contributed by atoms with Crippen molar-refractivity contribution in [3.63, 3.8) is 0 Å². The van der Waals surface area contributed by atoms with E-state index >= 15 is 0 Å². The van der Waals surface area contributed by atoms with Crippen molar-refractivity contribution in [2.45, 2.75) is 25.9 Å². The van der Waals surface area contributed by atoms with E-state index in [1.807, 2.05) is 43.5 Å². The maximum absolute atomic E-state index is 13.0. The molecule has 0 spiro atoms. The van der Waals surface area contributed by atoms with Crippen molar-refractivity contribution in [1.29, 1.82) is 0 Å². The summed E-state index contributed by atoms with van der Waals surface area (Å²) in [5.74, 6) is 1.86. The summed E-state index contributed by atoms with van der Waals surface area (Å²) in [4.78, 5) is 35.0. The number of aryl methyl sites for hydroxylation is 1. The van der Waals surface area contributed by atoms with E-state index in [-0.39, 0.29) is 11.9 Å². The second kappa shape index (κ2) is 12.7. The third-order valence-electron chi connectivity index (χ3n) is 6.53. The molecule has 3 aromatic heterocycles. The Hall–Kier alpha value is -4.02. The first-order valence-electron chi connectivity index (χ1n) is 12.9. The van der Waals surface area contributed by atoms with Crippen LogP contribution in [0.1, 0.15) is 17.5 Å². The monoisotopic (exact) mass is 546 g/mol. The highest BCUT2D eigenvalue weighted by atomic mass is 35.5. The van der Waals surface area contributed by atoms with Crippen molar-refractivity contribution in [2.75, 3.05) is 37.7 Å². The van der Waals surface area contributed by atoms with E-state index in [4.69, 9.17) is 21.3 Å². The van der Waals surface area contributed by atoms with Crippen molar-refractivity contribution < 1.29 is 9.53 Å². The lowest BCUT2D eigenvalue weighted by Gasteiger charge is -2.42. The molecule has 1 saturated heterocycles. The Morgan fingerprint density at radius 1 is 1.13 bits per heavy atom. The van der Waals surface area contributed by atoms with E-state index in [0.29, 0.717) is 49.6 Å². The number of carbonyl (C=O) groups excluding carboxylic acids is 1. The summed E-state index contributed by atoms with van der Waals surface area (Å²) >= 11 is 6.40. The summed E-state index contributed by atoms with van der Waals surface area (Å²) in [6.45, 7) is 5.78. The minimum atomic E-state index is -0.116. The Balaban J connectivity index is 1.26. The number of hydrogen-bond acceptors (Lipinski definition) is 8. The summed E-state index contributed by atoms with van der Waals surface area (Å²) in [6.07, 6.45) is 9.01. The Kier molecular flexibility index (Phi) is 8.65. The first-order valence-corrected chi connectivity index (χ1v) is 13.3. The third-order valence-corrected chi connectivity index (χ3v) is 6.72. The highest BCUT2D eigenvalue weighted by molar-refractivity contribution is 6.29. The molecule has 1 aliphatic rings. The molecule has 10 nitrogen and oxygen atoms in total. The van der Waals surface area contributed by atoms with Gasteiger partial charge in [0.2, 0.25) is 11.9 Å². The van der Waals surface area contributed by atoms with E-state index in [1.54, 1.807) is 35.6 Å². The molecule has 5 rings (SSSR count). The summed E-state index contributed by atoms with van der Waals surface area (Å²) in [5.41, 5.74) is 2.31. The van der Waals surface area contributed by atoms with Crippen LogP contribution >= 0.6 is 11.6 Å². The molecule has 0 radical (unpaired) electrons. The summed E-state index contributed by atoms with van der Waals surface area (Å²) in [5, 5.41) is 3.33. The van der Waals surface area contributed by atoms with Crippen LogP contribution in [0.5, 0.6) is 5.75 Å². The zero-order chi connectivity index (χ0) is 27.0. The SMILES string of the molecule is Cc1ccc(OCCNC(=O)CC2CN(Cc3cccnc3)CCN2c2cc(Cl)nc(-n3ccnc3)n2)cc1. The quantitative estimate of drug-likeness (QED) is 0.239. The van der Waals surface area contributed by atoms with E-state index < -0.39 is 0 Å². The average molecular weight is 547 g/mol. The molecule has 1 aliphatic heterocycles.